The summed E-state index contributed by atoms with van der Waals surface area (Å²) in [7, 11) is 0. The standard InChI is InChI=1S/C30H29ClN4O4/c31-23-5-6-24(32-16-23)18-39-26-8-11-35(28(37)14-26)25-7-4-21-12-20(2-3-22(21)13-25)17-34-10-1-9-30(19-34)15-27(36)33-29(30)38/h2-3,5-6,8,11-14,16H,1,4,7,9-10,15,17-19H2,(H,33,36,38). The van der Waals surface area contributed by atoms with Gasteiger partial charge in [0.25, 0.3) is 5.56 Å². The van der Waals surface area contributed by atoms with Crippen LogP contribution >= 0.6 is 11.6 Å². The number of pyridine rings is 2. The van der Waals surface area contributed by atoms with Gasteiger partial charge in [-0.05, 0) is 73.2 Å². The molecule has 2 saturated heterocycles. The van der Waals surface area contributed by atoms with E-state index in [0.717, 1.165) is 55.7 Å². The summed E-state index contributed by atoms with van der Waals surface area (Å²) in [5, 5.41) is 3.06. The fourth-order valence-corrected chi connectivity index (χ4v) is 6.01. The number of hydrogen-bond acceptors (Lipinski definition) is 6. The lowest BCUT2D eigenvalue weighted by molar-refractivity contribution is -0.131. The molecule has 200 valence electrons. The second-order valence-electron chi connectivity index (χ2n) is 10.6. The molecule has 9 heteroatoms. The second kappa shape index (κ2) is 10.4. The number of imide groups is 1. The van der Waals surface area contributed by atoms with Gasteiger partial charge >= 0.3 is 0 Å². The molecule has 6 rings (SSSR count). The summed E-state index contributed by atoms with van der Waals surface area (Å²) in [5.41, 5.74) is 4.52. The number of carbonyl (C=O) groups excluding carboxylic acids is 2. The number of carbonyl (C=O) groups is 2. The lowest BCUT2D eigenvalue weighted by atomic mass is 9.78. The van der Waals surface area contributed by atoms with Crippen LogP contribution in [-0.2, 0) is 29.2 Å². The van der Waals surface area contributed by atoms with Crippen molar-refractivity contribution < 1.29 is 14.3 Å². The van der Waals surface area contributed by atoms with Crippen molar-refractivity contribution in [1.82, 2.24) is 19.8 Å². The number of nitrogens with zero attached hydrogens (tertiary/aromatic N) is 3. The van der Waals surface area contributed by atoms with Gasteiger partial charge in [-0.2, -0.15) is 0 Å². The predicted molar refractivity (Wildman–Crippen MR) is 148 cm³/mol. The molecule has 3 aliphatic rings. The first kappa shape index (κ1) is 25.5. The number of likely N-dealkylation sites (tertiary alicyclic amines) is 1. The Labute approximate surface area is 231 Å². The normalized spacial score (nSPS) is 21.0. The van der Waals surface area contributed by atoms with E-state index in [1.54, 1.807) is 35.2 Å². The number of amides is 2. The van der Waals surface area contributed by atoms with E-state index in [0.29, 0.717) is 23.7 Å². The molecule has 0 saturated carbocycles. The Balaban J connectivity index is 1.12. The van der Waals surface area contributed by atoms with E-state index in [1.807, 2.05) is 0 Å². The van der Waals surface area contributed by atoms with Crippen molar-refractivity contribution in [2.24, 2.45) is 5.41 Å². The van der Waals surface area contributed by atoms with Crippen LogP contribution < -0.4 is 15.6 Å². The summed E-state index contributed by atoms with van der Waals surface area (Å²) in [6.45, 7) is 2.54. The van der Waals surface area contributed by atoms with E-state index in [4.69, 9.17) is 16.3 Å². The zero-order valence-electron chi connectivity index (χ0n) is 21.5. The van der Waals surface area contributed by atoms with Crippen LogP contribution in [0.1, 0.15) is 48.1 Å². The molecule has 4 heterocycles. The lowest BCUT2D eigenvalue weighted by Gasteiger charge is -2.38. The van der Waals surface area contributed by atoms with Gasteiger partial charge in [0.2, 0.25) is 11.8 Å². The van der Waals surface area contributed by atoms with Crippen molar-refractivity contribution in [3.05, 3.63) is 92.6 Å². The number of nitrogens with one attached hydrogen (secondary N) is 1. The number of rotatable bonds is 6. The van der Waals surface area contributed by atoms with Crippen LogP contribution in [0.15, 0.2) is 59.7 Å². The second-order valence-corrected chi connectivity index (χ2v) is 11.1. The third-order valence-corrected chi connectivity index (χ3v) is 8.08. The highest BCUT2D eigenvalue weighted by Crippen LogP contribution is 2.38. The van der Waals surface area contributed by atoms with Crippen molar-refractivity contribution >= 4 is 35.2 Å². The predicted octanol–water partition coefficient (Wildman–Crippen LogP) is 4.05. The number of ether oxygens (including phenoxy) is 1. The van der Waals surface area contributed by atoms with Gasteiger partial charge in [-0.25, -0.2) is 0 Å². The topological polar surface area (TPSA) is 93.5 Å². The van der Waals surface area contributed by atoms with Crippen LogP contribution in [0.4, 0.5) is 0 Å². The minimum absolute atomic E-state index is 0.117. The first-order chi connectivity index (χ1) is 18.9. The molecule has 2 fully saturated rings. The van der Waals surface area contributed by atoms with Crippen molar-refractivity contribution in [3.63, 3.8) is 0 Å². The van der Waals surface area contributed by atoms with Crippen LogP contribution in [0, 0.1) is 5.41 Å². The Hall–Kier alpha value is -3.75. The first-order valence-electron chi connectivity index (χ1n) is 13.2. The SMILES string of the molecule is O=C1CC2(CCCN(Cc3ccc4c(c3)CCC(n3ccc(OCc5ccc(Cl)cn5)cc3=O)=C4)C2)C(=O)N1. The van der Waals surface area contributed by atoms with Crippen molar-refractivity contribution in [3.8, 4) is 5.75 Å². The molecule has 0 radical (unpaired) electrons. The van der Waals surface area contributed by atoms with Gasteiger partial charge in [0.1, 0.15) is 12.4 Å². The highest BCUT2D eigenvalue weighted by molar-refractivity contribution is 6.30. The molecule has 1 aliphatic carbocycles. The largest absolute Gasteiger partial charge is 0.487 e. The van der Waals surface area contributed by atoms with Gasteiger partial charge in [-0.15, -0.1) is 0 Å². The van der Waals surface area contributed by atoms with Gasteiger partial charge in [-0.3, -0.25) is 34.2 Å². The van der Waals surface area contributed by atoms with E-state index in [9.17, 15) is 14.4 Å². The molecule has 1 spiro atoms. The number of halogens is 1. The molecule has 1 aromatic carbocycles. The summed E-state index contributed by atoms with van der Waals surface area (Å²) >= 11 is 5.87. The Morgan fingerprint density at radius 3 is 2.74 bits per heavy atom. The molecule has 3 aromatic rings. The number of aromatic nitrogens is 2. The summed E-state index contributed by atoms with van der Waals surface area (Å²) in [6.07, 6.45) is 8.96. The zero-order valence-corrected chi connectivity index (χ0v) is 22.2. The third-order valence-electron chi connectivity index (χ3n) is 7.85. The summed E-state index contributed by atoms with van der Waals surface area (Å²) in [5.74, 6) is 0.219. The number of piperidine rings is 1. The fourth-order valence-electron chi connectivity index (χ4n) is 5.90. The maximum atomic E-state index is 12.9. The highest BCUT2D eigenvalue weighted by atomic mass is 35.5. The maximum absolute atomic E-state index is 12.9. The molecule has 1 atom stereocenters. The van der Waals surface area contributed by atoms with Crippen LogP contribution in [0.25, 0.3) is 11.8 Å². The highest BCUT2D eigenvalue weighted by Gasteiger charge is 2.48. The molecular formula is C30H29ClN4O4. The molecule has 0 bridgehead atoms. The fraction of sp³-hybridized carbons (Fsp3) is 0.333. The van der Waals surface area contributed by atoms with E-state index in [1.165, 1.54) is 17.2 Å². The average molecular weight is 545 g/mol. The lowest BCUT2D eigenvalue weighted by Crippen LogP contribution is -2.46. The minimum Gasteiger partial charge on any atom is -0.487 e. The number of hydrogen-bond donors (Lipinski definition) is 1. The van der Waals surface area contributed by atoms with Gasteiger partial charge < -0.3 is 4.74 Å². The number of allylic oxidation sites excluding steroid dienone is 1. The van der Waals surface area contributed by atoms with E-state index < -0.39 is 5.41 Å². The molecular weight excluding hydrogens is 516 g/mol. The molecule has 1 unspecified atom stereocenters. The molecule has 2 aromatic heterocycles. The molecule has 1 N–H and O–H groups in total. The molecule has 39 heavy (non-hydrogen) atoms. The van der Waals surface area contributed by atoms with Gasteiger partial charge in [-0.1, -0.05) is 29.8 Å². The monoisotopic (exact) mass is 544 g/mol. The summed E-state index contributed by atoms with van der Waals surface area (Å²) < 4.78 is 7.42. The van der Waals surface area contributed by atoms with Gasteiger partial charge in [0.15, 0.2) is 0 Å². The zero-order chi connectivity index (χ0) is 27.0. The van der Waals surface area contributed by atoms with Crippen LogP contribution in [0.5, 0.6) is 5.75 Å². The Bertz CT molecular complexity index is 1530. The number of benzene rings is 1. The summed E-state index contributed by atoms with van der Waals surface area (Å²) in [4.78, 5) is 43.6. The van der Waals surface area contributed by atoms with Crippen molar-refractivity contribution in [2.75, 3.05) is 13.1 Å². The van der Waals surface area contributed by atoms with Crippen LogP contribution in [-0.4, -0.2) is 39.4 Å². The third kappa shape index (κ3) is 5.40. The molecule has 2 aliphatic heterocycles. The average Bonchev–Trinajstić information content (AvgIpc) is 3.19. The van der Waals surface area contributed by atoms with E-state index >= 15 is 0 Å². The first-order valence-corrected chi connectivity index (χ1v) is 13.6. The van der Waals surface area contributed by atoms with Gasteiger partial charge in [0, 0.05) is 43.7 Å². The smallest absolute Gasteiger partial charge is 0.258 e. The Morgan fingerprint density at radius 2 is 1.97 bits per heavy atom. The van der Waals surface area contributed by atoms with Crippen LogP contribution in [0.3, 0.4) is 0 Å². The number of fused-ring (bicyclic) bond motifs is 1. The van der Waals surface area contributed by atoms with Crippen molar-refractivity contribution in [2.45, 2.75) is 45.3 Å². The number of aryl methyl sites for hydroxylation is 1. The van der Waals surface area contributed by atoms with E-state index in [-0.39, 0.29) is 24.0 Å². The van der Waals surface area contributed by atoms with E-state index in [2.05, 4.69) is 39.5 Å². The Kier molecular flexibility index (Phi) is 6.83. The molecule has 2 amide bonds. The minimum atomic E-state index is -0.568. The van der Waals surface area contributed by atoms with Crippen LogP contribution in [0.2, 0.25) is 5.02 Å². The maximum Gasteiger partial charge on any atom is 0.258 e. The molecule has 8 nitrogen and oxygen atoms in total. The van der Waals surface area contributed by atoms with Gasteiger partial charge in [0.05, 0.1) is 16.1 Å². The Morgan fingerprint density at radius 1 is 1.08 bits per heavy atom. The quantitative estimate of drug-likeness (QED) is 0.471. The van der Waals surface area contributed by atoms with Crippen molar-refractivity contribution in [1.29, 1.82) is 0 Å². The summed E-state index contributed by atoms with van der Waals surface area (Å²) in [6, 6.07) is 13.3.